The van der Waals surface area contributed by atoms with Crippen molar-refractivity contribution in [1.29, 1.82) is 0 Å². The number of hydrogen-bond donors (Lipinski definition) is 1. The van der Waals surface area contributed by atoms with Crippen LogP contribution in [-0.2, 0) is 4.79 Å². The summed E-state index contributed by atoms with van der Waals surface area (Å²) in [5.41, 5.74) is 3.88. The molecule has 1 atom stereocenters. The van der Waals surface area contributed by atoms with Crippen LogP contribution in [-0.4, -0.2) is 22.9 Å². The molecule has 2 fully saturated rings. The van der Waals surface area contributed by atoms with Crippen LogP contribution in [0, 0.1) is 0 Å². The van der Waals surface area contributed by atoms with Crippen LogP contribution in [0.25, 0.3) is 0 Å². The third-order valence-corrected chi connectivity index (χ3v) is 3.51. The zero-order chi connectivity index (χ0) is 10.2. The first-order valence-corrected chi connectivity index (χ1v) is 5.44. The number of hydrogen-bond acceptors (Lipinski definition) is 3. The summed E-state index contributed by atoms with van der Waals surface area (Å²) in [6.07, 6.45) is 4.76. The van der Waals surface area contributed by atoms with Crippen LogP contribution in [0.3, 0.4) is 0 Å². The molecule has 0 aromatic heterocycles. The Morgan fingerprint density at radius 2 is 2.36 bits per heavy atom. The van der Waals surface area contributed by atoms with Crippen molar-refractivity contribution in [3.63, 3.8) is 0 Å². The van der Waals surface area contributed by atoms with Crippen molar-refractivity contribution >= 4 is 5.78 Å². The number of Topliss-reactive ketones (excluding diaryl/α,β-unsaturated/α-hetero) is 1. The number of fused-ring (bicyclic) bond motifs is 1. The number of ketones is 1. The molecule has 14 heavy (non-hydrogen) atoms. The van der Waals surface area contributed by atoms with Gasteiger partial charge in [0.25, 0.3) is 0 Å². The van der Waals surface area contributed by atoms with E-state index < -0.39 is 0 Å². The lowest BCUT2D eigenvalue weighted by atomic mass is 9.79. The molecule has 0 aromatic carbocycles. The second-order valence-electron chi connectivity index (χ2n) is 4.31. The van der Waals surface area contributed by atoms with E-state index in [1.54, 1.807) is 0 Å². The van der Waals surface area contributed by atoms with Gasteiger partial charge in [-0.05, 0) is 25.7 Å². The van der Waals surface area contributed by atoms with E-state index in [1.807, 2.05) is 0 Å². The minimum atomic E-state index is -0.223. The average molecular weight is 194 g/mol. The predicted octanol–water partition coefficient (Wildman–Crippen LogP) is 1.61. The standard InChI is InChI=1S/C11H18N2O/c1-3-11-6-4-5-7-13(11)12-9(2)8-10(11)14/h12H,2-8H2,1H3. The maximum absolute atomic E-state index is 12.0. The van der Waals surface area contributed by atoms with Crippen molar-refractivity contribution in [2.45, 2.75) is 44.6 Å². The Kier molecular flexibility index (Phi) is 2.35. The van der Waals surface area contributed by atoms with Gasteiger partial charge >= 0.3 is 0 Å². The van der Waals surface area contributed by atoms with Crippen LogP contribution in [0.5, 0.6) is 0 Å². The van der Waals surface area contributed by atoms with Crippen LogP contribution in [0.1, 0.15) is 39.0 Å². The zero-order valence-electron chi connectivity index (χ0n) is 8.81. The van der Waals surface area contributed by atoms with Crippen LogP contribution in [0.2, 0.25) is 0 Å². The van der Waals surface area contributed by atoms with Crippen molar-refractivity contribution < 1.29 is 4.79 Å². The maximum atomic E-state index is 12.0. The predicted molar refractivity (Wildman–Crippen MR) is 55.5 cm³/mol. The Balaban J connectivity index is 2.28. The van der Waals surface area contributed by atoms with E-state index in [2.05, 4.69) is 23.9 Å². The van der Waals surface area contributed by atoms with Gasteiger partial charge in [-0.2, -0.15) is 0 Å². The summed E-state index contributed by atoms with van der Waals surface area (Å²) < 4.78 is 0. The molecule has 3 nitrogen and oxygen atoms in total. The normalized spacial score (nSPS) is 33.8. The van der Waals surface area contributed by atoms with Crippen molar-refractivity contribution in [2.24, 2.45) is 0 Å². The number of allylic oxidation sites excluding steroid dienone is 1. The molecule has 3 heteroatoms. The van der Waals surface area contributed by atoms with E-state index in [-0.39, 0.29) is 5.54 Å². The summed E-state index contributed by atoms with van der Waals surface area (Å²) >= 11 is 0. The van der Waals surface area contributed by atoms with Gasteiger partial charge < -0.3 is 5.43 Å². The summed E-state index contributed by atoms with van der Waals surface area (Å²) in [6.45, 7) is 6.92. The van der Waals surface area contributed by atoms with Crippen LogP contribution in [0.4, 0.5) is 0 Å². The third kappa shape index (κ3) is 1.27. The minimum absolute atomic E-state index is 0.223. The fourth-order valence-electron chi connectivity index (χ4n) is 2.64. The molecule has 2 aliphatic rings. The number of nitrogens with one attached hydrogen (secondary N) is 1. The third-order valence-electron chi connectivity index (χ3n) is 3.51. The number of carbonyl (C=O) groups is 1. The Bertz CT molecular complexity index is 274. The van der Waals surface area contributed by atoms with Gasteiger partial charge in [0.15, 0.2) is 5.78 Å². The number of rotatable bonds is 1. The largest absolute Gasteiger partial charge is 0.322 e. The first kappa shape index (κ1) is 9.71. The van der Waals surface area contributed by atoms with E-state index in [1.165, 1.54) is 12.8 Å². The first-order valence-electron chi connectivity index (χ1n) is 5.44. The van der Waals surface area contributed by atoms with Gasteiger partial charge in [0, 0.05) is 18.7 Å². The van der Waals surface area contributed by atoms with E-state index >= 15 is 0 Å². The van der Waals surface area contributed by atoms with E-state index in [0.717, 1.165) is 25.1 Å². The maximum Gasteiger partial charge on any atom is 0.160 e. The number of piperidine rings is 1. The second-order valence-corrected chi connectivity index (χ2v) is 4.31. The van der Waals surface area contributed by atoms with E-state index in [0.29, 0.717) is 12.2 Å². The zero-order valence-corrected chi connectivity index (χ0v) is 8.81. The van der Waals surface area contributed by atoms with E-state index in [4.69, 9.17) is 0 Å². The average Bonchev–Trinajstić information content (AvgIpc) is 2.18. The lowest BCUT2D eigenvalue weighted by Gasteiger charge is -2.49. The molecule has 1 unspecified atom stereocenters. The fourth-order valence-corrected chi connectivity index (χ4v) is 2.64. The lowest BCUT2D eigenvalue weighted by molar-refractivity contribution is -0.140. The monoisotopic (exact) mass is 194 g/mol. The highest BCUT2D eigenvalue weighted by molar-refractivity contribution is 5.91. The van der Waals surface area contributed by atoms with Crippen molar-refractivity contribution in [3.8, 4) is 0 Å². The Labute approximate surface area is 85.1 Å². The Hall–Kier alpha value is -0.830. The van der Waals surface area contributed by atoms with Crippen LogP contribution < -0.4 is 5.43 Å². The SMILES string of the molecule is C=C1CC(=O)C2(CC)CCCCN2N1. The molecule has 2 heterocycles. The molecule has 2 saturated heterocycles. The molecule has 78 valence electrons. The molecule has 0 radical (unpaired) electrons. The number of nitrogens with zero attached hydrogens (tertiary/aromatic N) is 1. The highest BCUT2D eigenvalue weighted by Crippen LogP contribution is 2.35. The molecule has 0 bridgehead atoms. The number of carbonyl (C=O) groups excluding carboxylic acids is 1. The highest BCUT2D eigenvalue weighted by atomic mass is 16.1. The Morgan fingerprint density at radius 3 is 3.07 bits per heavy atom. The second kappa shape index (κ2) is 3.39. The quantitative estimate of drug-likeness (QED) is 0.688. The van der Waals surface area contributed by atoms with Gasteiger partial charge in [0.2, 0.25) is 0 Å². The van der Waals surface area contributed by atoms with Gasteiger partial charge in [0.05, 0.1) is 5.54 Å². The molecule has 0 aromatic rings. The van der Waals surface area contributed by atoms with Gasteiger partial charge in [-0.3, -0.25) is 4.79 Å². The topological polar surface area (TPSA) is 32.3 Å². The Morgan fingerprint density at radius 1 is 1.57 bits per heavy atom. The van der Waals surface area contributed by atoms with Gasteiger partial charge in [-0.25, -0.2) is 5.01 Å². The smallest absolute Gasteiger partial charge is 0.160 e. The highest BCUT2D eigenvalue weighted by Gasteiger charge is 2.46. The summed E-state index contributed by atoms with van der Waals surface area (Å²) in [7, 11) is 0. The van der Waals surface area contributed by atoms with E-state index in [9.17, 15) is 4.79 Å². The van der Waals surface area contributed by atoms with Crippen LogP contribution in [0.15, 0.2) is 12.3 Å². The molecular weight excluding hydrogens is 176 g/mol. The molecule has 0 saturated carbocycles. The number of hydrazine groups is 1. The summed E-state index contributed by atoms with van der Waals surface area (Å²) in [5, 5.41) is 2.12. The molecule has 0 amide bonds. The summed E-state index contributed by atoms with van der Waals surface area (Å²) in [6, 6.07) is 0. The molecule has 2 aliphatic heterocycles. The summed E-state index contributed by atoms with van der Waals surface area (Å²) in [5.74, 6) is 0.350. The van der Waals surface area contributed by atoms with Crippen molar-refractivity contribution in [3.05, 3.63) is 12.3 Å². The van der Waals surface area contributed by atoms with Crippen molar-refractivity contribution in [2.75, 3.05) is 6.54 Å². The molecule has 0 aliphatic carbocycles. The molecule has 2 rings (SSSR count). The first-order chi connectivity index (χ1) is 6.69. The minimum Gasteiger partial charge on any atom is -0.322 e. The molecule has 1 N–H and O–H groups in total. The summed E-state index contributed by atoms with van der Waals surface area (Å²) in [4.78, 5) is 12.0. The van der Waals surface area contributed by atoms with Crippen LogP contribution >= 0.6 is 0 Å². The van der Waals surface area contributed by atoms with Gasteiger partial charge in [-0.15, -0.1) is 0 Å². The molecule has 0 spiro atoms. The lowest BCUT2D eigenvalue weighted by Crippen LogP contribution is -2.64. The van der Waals surface area contributed by atoms with Gasteiger partial charge in [0.1, 0.15) is 0 Å². The molecular formula is C11H18N2O. The van der Waals surface area contributed by atoms with Crippen molar-refractivity contribution in [1.82, 2.24) is 10.4 Å². The van der Waals surface area contributed by atoms with Gasteiger partial charge in [-0.1, -0.05) is 13.5 Å². The fraction of sp³-hybridized carbons (Fsp3) is 0.727.